The lowest BCUT2D eigenvalue weighted by Crippen LogP contribution is -2.36. The number of carbonyl (C=O) groups excluding carboxylic acids is 1. The SMILES string of the molecule is COc1ccc(N(CC(=O)OC(Cc2c(Cl)c[nH]c(=O)c2Cl)c2cccc(OC(F)(F)OCC3CC3)c2)S(=O)(=O)O)cc1OC. The molecule has 1 aliphatic carbocycles. The third-order valence-electron chi connectivity index (χ3n) is 6.60. The monoisotopic (exact) mass is 692 g/mol. The summed E-state index contributed by atoms with van der Waals surface area (Å²) in [6.45, 7) is -1.22. The standard InChI is InChI=1S/C28H28Cl2F2N2O10S/c1-40-22-9-8-18(11-24(22)41-2)34(45(37,38)39)14-25(35)43-23(12-20-21(29)13-33-27(36)26(20)30)17-4-3-5-19(10-17)44-28(31,32)42-15-16-6-7-16/h3-5,8-11,13,16,23H,6-7,12,14-15H2,1-2H3,(H,33,36)(H,37,38,39). The fourth-order valence-corrected chi connectivity index (χ4v) is 5.32. The molecule has 2 N–H and O–H groups in total. The average molecular weight is 694 g/mol. The lowest BCUT2D eigenvalue weighted by molar-refractivity contribution is -0.354. The summed E-state index contributed by atoms with van der Waals surface area (Å²) in [5, 5.41) is -0.321. The summed E-state index contributed by atoms with van der Waals surface area (Å²) in [7, 11) is -2.38. The minimum Gasteiger partial charge on any atom is -0.493 e. The van der Waals surface area contributed by atoms with Crippen LogP contribution in [0.3, 0.4) is 0 Å². The van der Waals surface area contributed by atoms with Gasteiger partial charge < -0.3 is 23.9 Å². The van der Waals surface area contributed by atoms with Crippen LogP contribution in [-0.4, -0.2) is 57.6 Å². The van der Waals surface area contributed by atoms with Gasteiger partial charge >= 0.3 is 22.6 Å². The molecule has 1 saturated carbocycles. The van der Waals surface area contributed by atoms with E-state index in [0.29, 0.717) is 4.31 Å². The van der Waals surface area contributed by atoms with Crippen molar-refractivity contribution in [3.8, 4) is 17.2 Å². The number of hydrogen-bond acceptors (Lipinski definition) is 9. The highest BCUT2D eigenvalue weighted by Crippen LogP contribution is 2.35. The van der Waals surface area contributed by atoms with Crippen molar-refractivity contribution < 1.29 is 50.2 Å². The van der Waals surface area contributed by atoms with E-state index in [0.717, 1.165) is 18.9 Å². The summed E-state index contributed by atoms with van der Waals surface area (Å²) in [6, 6.07) is 8.95. The number of aromatic nitrogens is 1. The number of benzene rings is 2. The Morgan fingerprint density at radius 2 is 1.84 bits per heavy atom. The molecule has 0 amide bonds. The van der Waals surface area contributed by atoms with E-state index in [2.05, 4.69) is 9.72 Å². The molecule has 0 radical (unpaired) electrons. The fourth-order valence-electron chi connectivity index (χ4n) is 4.16. The number of anilines is 1. The summed E-state index contributed by atoms with van der Waals surface area (Å²) in [4.78, 5) is 27.7. The maximum atomic E-state index is 14.4. The lowest BCUT2D eigenvalue weighted by atomic mass is 10.0. The molecule has 1 fully saturated rings. The first-order chi connectivity index (χ1) is 21.2. The summed E-state index contributed by atoms with van der Waals surface area (Å²) in [5.74, 6) is -1.14. The zero-order valence-electron chi connectivity index (χ0n) is 23.8. The first kappa shape index (κ1) is 34.2. The number of ether oxygens (including phenoxy) is 5. The van der Waals surface area contributed by atoms with Crippen molar-refractivity contribution in [2.24, 2.45) is 5.92 Å². The van der Waals surface area contributed by atoms with E-state index in [4.69, 9.17) is 42.1 Å². The Morgan fingerprint density at radius 3 is 2.49 bits per heavy atom. The Labute approximate surface area is 266 Å². The van der Waals surface area contributed by atoms with Gasteiger partial charge in [-0.25, -0.2) is 4.31 Å². The molecule has 45 heavy (non-hydrogen) atoms. The van der Waals surface area contributed by atoms with Crippen molar-refractivity contribution in [1.82, 2.24) is 4.98 Å². The zero-order valence-corrected chi connectivity index (χ0v) is 26.1. The van der Waals surface area contributed by atoms with E-state index in [9.17, 15) is 31.3 Å². The van der Waals surface area contributed by atoms with Crippen LogP contribution >= 0.6 is 23.2 Å². The predicted molar refractivity (Wildman–Crippen MR) is 159 cm³/mol. The normalized spacial score (nSPS) is 14.0. The number of nitrogens with one attached hydrogen (secondary N) is 1. The molecule has 12 nitrogen and oxygen atoms in total. The summed E-state index contributed by atoms with van der Waals surface area (Å²) in [5.41, 5.74) is -0.726. The second-order valence-electron chi connectivity index (χ2n) is 9.86. The van der Waals surface area contributed by atoms with E-state index in [-0.39, 0.29) is 63.1 Å². The molecule has 0 spiro atoms. The molecule has 244 valence electrons. The molecule has 2 aromatic carbocycles. The van der Waals surface area contributed by atoms with Crippen molar-refractivity contribution in [2.75, 3.05) is 31.7 Å². The smallest absolute Gasteiger partial charge is 0.493 e. The molecule has 1 heterocycles. The maximum absolute atomic E-state index is 14.4. The Bertz CT molecular complexity index is 1700. The van der Waals surface area contributed by atoms with E-state index in [1.807, 2.05) is 0 Å². The second-order valence-corrected chi connectivity index (χ2v) is 12.0. The Hall–Kier alpha value is -3.63. The number of alkyl halides is 2. The molecule has 3 aromatic rings. The van der Waals surface area contributed by atoms with Gasteiger partial charge in [0.25, 0.3) is 5.56 Å². The van der Waals surface area contributed by atoms with Crippen LogP contribution < -0.4 is 24.1 Å². The van der Waals surface area contributed by atoms with Gasteiger partial charge in [-0.3, -0.25) is 18.9 Å². The van der Waals surface area contributed by atoms with Crippen LogP contribution in [0.2, 0.25) is 10.0 Å². The van der Waals surface area contributed by atoms with Gasteiger partial charge in [0.05, 0.1) is 31.5 Å². The van der Waals surface area contributed by atoms with Gasteiger partial charge in [-0.2, -0.15) is 8.42 Å². The number of aromatic amines is 1. The largest absolute Gasteiger partial charge is 0.535 e. The highest BCUT2D eigenvalue weighted by molar-refractivity contribution is 7.87. The van der Waals surface area contributed by atoms with Gasteiger partial charge in [0.15, 0.2) is 11.5 Å². The van der Waals surface area contributed by atoms with Crippen molar-refractivity contribution in [3.63, 3.8) is 0 Å². The number of rotatable bonds is 15. The minimum atomic E-state index is -5.04. The molecule has 1 unspecified atom stereocenters. The van der Waals surface area contributed by atoms with Crippen LogP contribution in [0.4, 0.5) is 14.5 Å². The van der Waals surface area contributed by atoms with Gasteiger partial charge in [-0.1, -0.05) is 35.3 Å². The predicted octanol–water partition coefficient (Wildman–Crippen LogP) is 5.19. The number of H-pyrrole nitrogens is 1. The lowest BCUT2D eigenvalue weighted by Gasteiger charge is -2.24. The highest BCUT2D eigenvalue weighted by atomic mass is 35.5. The summed E-state index contributed by atoms with van der Waals surface area (Å²) >= 11 is 12.4. The maximum Gasteiger partial charge on any atom is 0.535 e. The number of halogens is 4. The first-order valence-corrected chi connectivity index (χ1v) is 15.4. The first-order valence-electron chi connectivity index (χ1n) is 13.2. The van der Waals surface area contributed by atoms with Crippen molar-refractivity contribution in [1.29, 1.82) is 0 Å². The van der Waals surface area contributed by atoms with Crippen LogP contribution in [0, 0.1) is 5.92 Å². The van der Waals surface area contributed by atoms with Crippen molar-refractivity contribution >= 4 is 45.2 Å². The van der Waals surface area contributed by atoms with Crippen LogP contribution in [0.15, 0.2) is 53.5 Å². The molecule has 1 aliphatic rings. The number of carbonyl (C=O) groups is 1. The fraction of sp³-hybridized carbons (Fsp3) is 0.357. The molecule has 17 heteroatoms. The third kappa shape index (κ3) is 9.20. The van der Waals surface area contributed by atoms with E-state index < -0.39 is 40.8 Å². The second kappa shape index (κ2) is 14.2. The quantitative estimate of drug-likeness (QED) is 0.124. The highest BCUT2D eigenvalue weighted by Gasteiger charge is 2.37. The van der Waals surface area contributed by atoms with Crippen LogP contribution in [0.25, 0.3) is 0 Å². The Kier molecular flexibility index (Phi) is 10.8. The molecular weight excluding hydrogens is 665 g/mol. The minimum absolute atomic E-state index is 0.00190. The molecule has 0 bridgehead atoms. The number of hydrogen-bond donors (Lipinski definition) is 2. The average Bonchev–Trinajstić information content (AvgIpc) is 3.82. The van der Waals surface area contributed by atoms with Crippen LogP contribution in [0.5, 0.6) is 17.2 Å². The van der Waals surface area contributed by atoms with Gasteiger partial charge in [0, 0.05) is 24.2 Å². The van der Waals surface area contributed by atoms with E-state index in [1.165, 1.54) is 56.8 Å². The van der Waals surface area contributed by atoms with Gasteiger partial charge in [-0.15, -0.1) is 8.78 Å². The number of pyridine rings is 1. The third-order valence-corrected chi connectivity index (χ3v) is 8.24. The van der Waals surface area contributed by atoms with Crippen LogP contribution in [-0.2, 0) is 31.0 Å². The topological polar surface area (TPSA) is 154 Å². The van der Waals surface area contributed by atoms with Crippen LogP contribution in [0.1, 0.15) is 30.1 Å². The Morgan fingerprint density at radius 1 is 1.13 bits per heavy atom. The molecule has 0 aliphatic heterocycles. The van der Waals surface area contributed by atoms with Crippen molar-refractivity contribution in [3.05, 3.63) is 80.2 Å². The zero-order chi connectivity index (χ0) is 32.9. The van der Waals surface area contributed by atoms with Gasteiger partial charge in [0.2, 0.25) is 0 Å². The molecular formula is C28H28Cl2F2N2O10S. The molecule has 0 saturated heterocycles. The summed E-state index contributed by atoms with van der Waals surface area (Å²) in [6.07, 6.45) is -2.93. The molecule has 4 rings (SSSR count). The summed E-state index contributed by atoms with van der Waals surface area (Å²) < 4.78 is 88.8. The number of nitrogens with zero attached hydrogens (tertiary/aromatic N) is 1. The van der Waals surface area contributed by atoms with Crippen molar-refractivity contribution in [2.45, 2.75) is 31.7 Å². The number of esters is 1. The van der Waals surface area contributed by atoms with E-state index >= 15 is 0 Å². The molecule has 1 atom stereocenters. The van der Waals surface area contributed by atoms with Gasteiger partial charge in [-0.05, 0) is 48.6 Å². The van der Waals surface area contributed by atoms with Gasteiger partial charge in [0.1, 0.15) is 23.4 Å². The number of methoxy groups -OCH3 is 2. The molecule has 1 aromatic heterocycles. The Balaban J connectivity index is 1.64. The van der Waals surface area contributed by atoms with E-state index in [1.54, 1.807) is 0 Å².